The van der Waals surface area contributed by atoms with Crippen LogP contribution >= 0.6 is 35.3 Å². The maximum Gasteiger partial charge on any atom is 0.335 e. The van der Waals surface area contributed by atoms with Crippen LogP contribution in [0.2, 0.25) is 0 Å². The summed E-state index contributed by atoms with van der Waals surface area (Å²) in [6, 6.07) is 8.77. The lowest BCUT2D eigenvalue weighted by Crippen LogP contribution is -2.44. The zero-order chi connectivity index (χ0) is 19.6. The van der Waals surface area contributed by atoms with Gasteiger partial charge in [-0.3, -0.25) is 14.5 Å². The van der Waals surface area contributed by atoms with Crippen molar-refractivity contribution in [2.45, 2.75) is 13.0 Å². The molecule has 2 aromatic rings. The number of hydrogen-bond acceptors (Lipinski definition) is 6. The van der Waals surface area contributed by atoms with E-state index < -0.39 is 17.9 Å². The smallest absolute Gasteiger partial charge is 0.335 e. The molecule has 9 heteroatoms. The molecule has 1 aromatic heterocycles. The molecule has 6 nitrogen and oxygen atoms in total. The van der Waals surface area contributed by atoms with Crippen molar-refractivity contribution < 1.29 is 19.5 Å². The first-order chi connectivity index (χ1) is 12.9. The highest BCUT2D eigenvalue weighted by molar-refractivity contribution is 8.26. The predicted molar refractivity (Wildman–Crippen MR) is 111 cm³/mol. The number of carboxylic acids is 1. The number of thioether (sulfide) groups is 1. The van der Waals surface area contributed by atoms with Crippen LogP contribution in [0, 0.1) is 0 Å². The Hall–Kier alpha value is -2.49. The fourth-order valence-corrected chi connectivity index (χ4v) is 4.52. The highest BCUT2D eigenvalue weighted by Crippen LogP contribution is 2.34. The van der Waals surface area contributed by atoms with Gasteiger partial charge < -0.3 is 10.4 Å². The van der Waals surface area contributed by atoms with Gasteiger partial charge in [-0.1, -0.05) is 30.0 Å². The minimum Gasteiger partial charge on any atom is -0.478 e. The predicted octanol–water partition coefficient (Wildman–Crippen LogP) is 3.67. The first-order valence-corrected chi connectivity index (χ1v) is 9.92. The van der Waals surface area contributed by atoms with Crippen molar-refractivity contribution in [3.8, 4) is 0 Å². The van der Waals surface area contributed by atoms with E-state index in [2.05, 4.69) is 5.32 Å². The maximum absolute atomic E-state index is 12.7. The standard InChI is InChI=1S/C18H14N2O4S3/c1-10(15(21)19-12-6-4-11(5-7-12)17(23)24)20-16(22)14(27-18(20)25)9-13-3-2-8-26-13/h2-10H,1H3,(H,19,21)(H,23,24)/b14-9-. The van der Waals surface area contributed by atoms with Crippen molar-refractivity contribution >= 4 is 69.2 Å². The molecule has 0 aliphatic carbocycles. The highest BCUT2D eigenvalue weighted by atomic mass is 32.2. The average Bonchev–Trinajstić information content (AvgIpc) is 3.23. The number of carboxylic acid groups (broad SMARTS) is 1. The Kier molecular flexibility index (Phi) is 5.73. The number of benzene rings is 1. The number of amides is 2. The number of anilines is 1. The second kappa shape index (κ2) is 8.03. The van der Waals surface area contributed by atoms with Gasteiger partial charge in [0.1, 0.15) is 10.4 Å². The molecule has 0 bridgehead atoms. The molecule has 2 amide bonds. The molecule has 1 atom stereocenters. The van der Waals surface area contributed by atoms with E-state index >= 15 is 0 Å². The van der Waals surface area contributed by atoms with Crippen LogP contribution in [0.4, 0.5) is 5.69 Å². The van der Waals surface area contributed by atoms with Gasteiger partial charge in [0.25, 0.3) is 5.91 Å². The van der Waals surface area contributed by atoms with Gasteiger partial charge in [-0.25, -0.2) is 4.79 Å². The molecular weight excluding hydrogens is 404 g/mol. The van der Waals surface area contributed by atoms with Crippen molar-refractivity contribution in [3.63, 3.8) is 0 Å². The minimum absolute atomic E-state index is 0.122. The summed E-state index contributed by atoms with van der Waals surface area (Å²) in [5, 5.41) is 13.5. The molecule has 1 aliphatic heterocycles. The van der Waals surface area contributed by atoms with E-state index in [0.717, 1.165) is 4.88 Å². The summed E-state index contributed by atoms with van der Waals surface area (Å²) in [5.74, 6) is -1.76. The van der Waals surface area contributed by atoms with Gasteiger partial charge in [-0.15, -0.1) is 11.3 Å². The van der Waals surface area contributed by atoms with Crippen LogP contribution in [-0.2, 0) is 9.59 Å². The van der Waals surface area contributed by atoms with E-state index in [4.69, 9.17) is 17.3 Å². The molecule has 0 spiro atoms. The van der Waals surface area contributed by atoms with Gasteiger partial charge in [-0.2, -0.15) is 0 Å². The van der Waals surface area contributed by atoms with Gasteiger partial charge in [0.05, 0.1) is 10.5 Å². The van der Waals surface area contributed by atoms with Gasteiger partial charge in [0.2, 0.25) is 5.91 Å². The summed E-state index contributed by atoms with van der Waals surface area (Å²) in [6.07, 6.45) is 1.76. The third kappa shape index (κ3) is 4.26. The zero-order valence-electron chi connectivity index (χ0n) is 14.0. The molecule has 1 aliphatic rings. The van der Waals surface area contributed by atoms with Gasteiger partial charge in [0, 0.05) is 10.6 Å². The van der Waals surface area contributed by atoms with Crippen molar-refractivity contribution in [2.75, 3.05) is 5.32 Å². The largest absolute Gasteiger partial charge is 0.478 e. The molecule has 1 fully saturated rings. The quantitative estimate of drug-likeness (QED) is 0.569. The summed E-state index contributed by atoms with van der Waals surface area (Å²) >= 11 is 7.96. The number of hydrogen-bond donors (Lipinski definition) is 2. The van der Waals surface area contributed by atoms with Crippen LogP contribution in [0.15, 0.2) is 46.7 Å². The monoisotopic (exact) mass is 418 g/mol. The molecule has 0 radical (unpaired) electrons. The molecule has 138 valence electrons. The maximum atomic E-state index is 12.7. The number of nitrogens with zero attached hydrogens (tertiary/aromatic N) is 1. The molecule has 1 saturated heterocycles. The van der Waals surface area contributed by atoms with Gasteiger partial charge >= 0.3 is 5.97 Å². The summed E-state index contributed by atoms with van der Waals surface area (Å²) in [7, 11) is 0. The number of rotatable bonds is 5. The van der Waals surface area contributed by atoms with Gasteiger partial charge in [-0.05, 0) is 48.7 Å². The zero-order valence-corrected chi connectivity index (χ0v) is 16.5. The molecule has 2 N–H and O–H groups in total. The second-order valence-electron chi connectivity index (χ2n) is 5.61. The third-order valence-corrected chi connectivity index (χ3v) is 5.96. The van der Waals surface area contributed by atoms with Crippen LogP contribution in [-0.4, -0.2) is 38.2 Å². The summed E-state index contributed by atoms with van der Waals surface area (Å²) in [5.41, 5.74) is 0.563. The van der Waals surface area contributed by atoms with E-state index in [-0.39, 0.29) is 11.5 Å². The Morgan fingerprint density at radius 1 is 1.26 bits per heavy atom. The number of thiocarbonyl (C=S) groups is 1. The van der Waals surface area contributed by atoms with Crippen LogP contribution in [0.5, 0.6) is 0 Å². The minimum atomic E-state index is -1.05. The van der Waals surface area contributed by atoms with E-state index in [0.29, 0.717) is 14.9 Å². The van der Waals surface area contributed by atoms with Crippen molar-refractivity contribution in [2.24, 2.45) is 0 Å². The van der Waals surface area contributed by atoms with Crippen LogP contribution in [0.3, 0.4) is 0 Å². The number of aromatic carboxylic acids is 1. The van der Waals surface area contributed by atoms with E-state index in [1.807, 2.05) is 17.5 Å². The van der Waals surface area contributed by atoms with Crippen molar-refractivity contribution in [3.05, 3.63) is 57.1 Å². The van der Waals surface area contributed by atoms with E-state index in [1.54, 1.807) is 13.0 Å². The SMILES string of the molecule is CC(C(=O)Nc1ccc(C(=O)O)cc1)N1C(=O)/C(=C/c2cccs2)SC1=S. The molecule has 1 unspecified atom stereocenters. The number of thiophene rings is 1. The fourth-order valence-electron chi connectivity index (χ4n) is 2.38. The molecule has 1 aromatic carbocycles. The first kappa shape index (κ1) is 19.3. The lowest BCUT2D eigenvalue weighted by molar-refractivity contribution is -0.129. The summed E-state index contributed by atoms with van der Waals surface area (Å²) < 4.78 is 0.326. The lowest BCUT2D eigenvalue weighted by atomic mass is 10.2. The van der Waals surface area contributed by atoms with Crippen molar-refractivity contribution in [1.29, 1.82) is 0 Å². The summed E-state index contributed by atoms with van der Waals surface area (Å²) in [4.78, 5) is 38.8. The first-order valence-electron chi connectivity index (χ1n) is 7.81. The molecular formula is C18H14N2O4S3. The van der Waals surface area contributed by atoms with Gasteiger partial charge in [0.15, 0.2) is 0 Å². The Balaban J connectivity index is 1.71. The highest BCUT2D eigenvalue weighted by Gasteiger charge is 2.38. The fraction of sp³-hybridized carbons (Fsp3) is 0.111. The number of carbonyl (C=O) groups is 3. The Bertz CT molecular complexity index is 936. The third-order valence-electron chi connectivity index (χ3n) is 3.81. The van der Waals surface area contributed by atoms with Crippen LogP contribution in [0.1, 0.15) is 22.2 Å². The molecule has 0 saturated carbocycles. The molecule has 3 rings (SSSR count). The lowest BCUT2D eigenvalue weighted by Gasteiger charge is -2.22. The van der Waals surface area contributed by atoms with Crippen LogP contribution < -0.4 is 5.32 Å². The van der Waals surface area contributed by atoms with Crippen LogP contribution in [0.25, 0.3) is 6.08 Å². The topological polar surface area (TPSA) is 86.7 Å². The Morgan fingerprint density at radius 2 is 1.96 bits per heavy atom. The molecule has 27 heavy (non-hydrogen) atoms. The average molecular weight is 419 g/mol. The van der Waals surface area contributed by atoms with Crippen molar-refractivity contribution in [1.82, 2.24) is 4.90 Å². The van der Waals surface area contributed by atoms with E-state index in [9.17, 15) is 14.4 Å². The molecule has 2 heterocycles. The van der Waals surface area contributed by atoms with E-state index in [1.165, 1.54) is 52.3 Å². The number of nitrogens with one attached hydrogen (secondary N) is 1. The Labute approximate surface area is 168 Å². The number of carbonyl (C=O) groups excluding carboxylic acids is 2. The second-order valence-corrected chi connectivity index (χ2v) is 8.27. The summed E-state index contributed by atoms with van der Waals surface area (Å²) in [6.45, 7) is 1.60. The normalized spacial score (nSPS) is 16.6. The Morgan fingerprint density at radius 3 is 2.56 bits per heavy atom.